The van der Waals surface area contributed by atoms with Crippen molar-refractivity contribution in [1.29, 1.82) is 0 Å². The molecular weight excluding hydrogens is 120 g/mol. The van der Waals surface area contributed by atoms with Gasteiger partial charge in [-0.15, -0.1) is 12.8 Å². The summed E-state index contributed by atoms with van der Waals surface area (Å²) >= 11 is 0. The maximum Gasteiger partial charge on any atom is 2.00 e. The average Bonchev–Trinajstić information content (AvgIpc) is 1.39. The maximum atomic E-state index is 8.46. The van der Waals surface area contributed by atoms with E-state index in [1.165, 1.54) is 0 Å². The standard InChI is InChI=1S/2C2H2O.Ca/c2*1-2-3;/h2*1,3H;/q;;+2/p-2. The van der Waals surface area contributed by atoms with Gasteiger partial charge in [-0.05, 0) is 0 Å². The zero-order valence-electron chi connectivity index (χ0n) is 3.68. The molecular formula is C4H2CaO2. The Morgan fingerprint density at radius 3 is 1.00 bits per heavy atom. The summed E-state index contributed by atoms with van der Waals surface area (Å²) in [5.74, 6) is 0. The van der Waals surface area contributed by atoms with Crippen LogP contribution in [0.2, 0.25) is 0 Å². The average molecular weight is 122 g/mol. The predicted octanol–water partition coefficient (Wildman–Crippen LogP) is -2.51. The fraction of sp³-hybridized carbons (Fsp3) is 0. The molecule has 0 aliphatic rings. The molecule has 3 heteroatoms. The summed E-state index contributed by atoms with van der Waals surface area (Å²) in [6.07, 6.45) is 10.1. The third kappa shape index (κ3) is 231000. The fourth-order valence-corrected chi connectivity index (χ4v) is 0. The van der Waals surface area contributed by atoms with Gasteiger partial charge in [-0.3, -0.25) is 0 Å². The fourth-order valence-electron chi connectivity index (χ4n) is 0. The largest absolute Gasteiger partial charge is 2.00 e. The molecule has 0 rings (SSSR count). The molecule has 0 heterocycles. The van der Waals surface area contributed by atoms with Crippen molar-refractivity contribution >= 4 is 37.7 Å². The van der Waals surface area contributed by atoms with Gasteiger partial charge in [-0.1, -0.05) is 0 Å². The Hall–Kier alpha value is -0.0203. The molecule has 0 aliphatic heterocycles. The first kappa shape index (κ1) is 15.8. The molecule has 0 unspecified atom stereocenters. The van der Waals surface area contributed by atoms with Gasteiger partial charge in [0.05, 0.1) is 0 Å². The Labute approximate surface area is 72.5 Å². The smallest absolute Gasteiger partial charge is 0.833 e. The quantitative estimate of drug-likeness (QED) is 0.263. The summed E-state index contributed by atoms with van der Waals surface area (Å²) in [5.41, 5.74) is 0. The molecule has 0 amide bonds. The Balaban J connectivity index is -0.0000000400. The normalized spacial score (nSPS) is 2.00. The van der Waals surface area contributed by atoms with Crippen molar-refractivity contribution < 1.29 is 10.2 Å². The number of terminal acetylenes is 2. The first-order valence-electron chi connectivity index (χ1n) is 0.986. The molecule has 7 heavy (non-hydrogen) atoms. The second kappa shape index (κ2) is 37.8. The van der Waals surface area contributed by atoms with Gasteiger partial charge in [0.1, 0.15) is 0 Å². The van der Waals surface area contributed by atoms with Crippen molar-refractivity contribution in [3.05, 3.63) is 0 Å². The summed E-state index contributed by atoms with van der Waals surface area (Å²) in [5, 5.41) is 16.9. The monoisotopic (exact) mass is 122 g/mol. The van der Waals surface area contributed by atoms with E-state index in [1.807, 2.05) is 0 Å². The second-order valence-corrected chi connectivity index (χ2v) is 0.236. The Kier molecular flexibility index (Phi) is 85.2. The first-order valence-corrected chi connectivity index (χ1v) is 0.986. The van der Waals surface area contributed by atoms with Crippen molar-refractivity contribution in [3.8, 4) is 25.1 Å². The summed E-state index contributed by atoms with van der Waals surface area (Å²) in [4.78, 5) is 0. The van der Waals surface area contributed by atoms with Crippen LogP contribution in [-0.4, -0.2) is 37.7 Å². The molecule has 0 bridgehead atoms. The van der Waals surface area contributed by atoms with Crippen molar-refractivity contribution in [2.45, 2.75) is 0 Å². The topological polar surface area (TPSA) is 46.1 Å². The minimum atomic E-state index is 0. The molecule has 0 saturated carbocycles. The van der Waals surface area contributed by atoms with Crippen LogP contribution in [0.4, 0.5) is 0 Å². The van der Waals surface area contributed by atoms with E-state index < -0.39 is 0 Å². The molecule has 0 aromatic rings. The van der Waals surface area contributed by atoms with E-state index >= 15 is 0 Å². The summed E-state index contributed by atoms with van der Waals surface area (Å²) in [7, 11) is 0. The van der Waals surface area contributed by atoms with Crippen LogP contribution in [0.25, 0.3) is 0 Å². The molecule has 0 spiro atoms. The molecule has 0 aliphatic carbocycles. The minimum absolute atomic E-state index is 0. The van der Waals surface area contributed by atoms with E-state index in [-0.39, 0.29) is 37.7 Å². The summed E-state index contributed by atoms with van der Waals surface area (Å²) in [6.45, 7) is 0. The van der Waals surface area contributed by atoms with Crippen molar-refractivity contribution in [2.24, 2.45) is 0 Å². The van der Waals surface area contributed by atoms with Crippen LogP contribution in [0, 0.1) is 25.1 Å². The van der Waals surface area contributed by atoms with Crippen LogP contribution in [-0.2, 0) is 0 Å². The van der Waals surface area contributed by atoms with Crippen LogP contribution < -0.4 is 10.2 Å². The van der Waals surface area contributed by atoms with Gasteiger partial charge in [0.25, 0.3) is 0 Å². The van der Waals surface area contributed by atoms with Gasteiger partial charge >= 0.3 is 37.7 Å². The van der Waals surface area contributed by atoms with Gasteiger partial charge in [0.15, 0.2) is 0 Å². The van der Waals surface area contributed by atoms with Crippen LogP contribution in [0.3, 0.4) is 0 Å². The summed E-state index contributed by atoms with van der Waals surface area (Å²) < 4.78 is 0. The Morgan fingerprint density at radius 1 is 1.00 bits per heavy atom. The van der Waals surface area contributed by atoms with Crippen molar-refractivity contribution in [2.75, 3.05) is 0 Å². The van der Waals surface area contributed by atoms with E-state index in [0.29, 0.717) is 0 Å². The number of hydrogen-bond donors (Lipinski definition) is 0. The zero-order valence-corrected chi connectivity index (χ0v) is 5.89. The number of rotatable bonds is 0. The Bertz CT molecular complexity index is 64.7. The van der Waals surface area contributed by atoms with Crippen LogP contribution in [0.5, 0.6) is 0 Å². The first-order chi connectivity index (χ1) is 2.83. The molecule has 0 aromatic heterocycles. The molecule has 0 saturated heterocycles. The van der Waals surface area contributed by atoms with Gasteiger partial charge in [-0.2, -0.15) is 12.2 Å². The van der Waals surface area contributed by atoms with Gasteiger partial charge in [-0.25, -0.2) is 0 Å². The van der Waals surface area contributed by atoms with Crippen molar-refractivity contribution in [3.63, 3.8) is 0 Å². The molecule has 0 atom stereocenters. The van der Waals surface area contributed by atoms with Crippen LogP contribution >= 0.6 is 0 Å². The van der Waals surface area contributed by atoms with E-state index in [2.05, 4.69) is 12.8 Å². The Morgan fingerprint density at radius 2 is 1.00 bits per heavy atom. The van der Waals surface area contributed by atoms with Crippen LogP contribution in [0.1, 0.15) is 0 Å². The third-order valence-corrected chi connectivity index (χ3v) is 0. The molecule has 0 fully saturated rings. The number of hydrogen-bond acceptors (Lipinski definition) is 2. The minimum Gasteiger partial charge on any atom is -0.833 e. The molecule has 0 aromatic carbocycles. The molecule has 0 N–H and O–H groups in total. The SMILES string of the molecule is C#C[O-].C#C[O-].[Ca+2]. The zero-order chi connectivity index (χ0) is 5.41. The maximum absolute atomic E-state index is 8.46. The van der Waals surface area contributed by atoms with Crippen LogP contribution in [0.15, 0.2) is 0 Å². The van der Waals surface area contributed by atoms with E-state index in [4.69, 9.17) is 10.2 Å². The molecule has 32 valence electrons. The second-order valence-electron chi connectivity index (χ2n) is 0.236. The third-order valence-electron chi connectivity index (χ3n) is 0. The molecule has 2 nitrogen and oxygen atoms in total. The van der Waals surface area contributed by atoms with E-state index in [9.17, 15) is 0 Å². The van der Waals surface area contributed by atoms with Gasteiger partial charge < -0.3 is 10.2 Å². The van der Waals surface area contributed by atoms with Crippen molar-refractivity contribution in [1.82, 2.24) is 0 Å². The van der Waals surface area contributed by atoms with E-state index in [1.54, 1.807) is 0 Å². The molecule has 0 radical (unpaired) electrons. The summed E-state index contributed by atoms with van der Waals surface area (Å²) in [6, 6.07) is 0. The van der Waals surface area contributed by atoms with Gasteiger partial charge in [0, 0.05) is 0 Å². The van der Waals surface area contributed by atoms with Gasteiger partial charge in [0.2, 0.25) is 0 Å². The predicted molar refractivity (Wildman–Crippen MR) is 23.4 cm³/mol. The van der Waals surface area contributed by atoms with E-state index in [0.717, 1.165) is 12.2 Å².